The summed E-state index contributed by atoms with van der Waals surface area (Å²) in [5.74, 6) is 0.985. The highest BCUT2D eigenvalue weighted by molar-refractivity contribution is 5.85. The van der Waals surface area contributed by atoms with Gasteiger partial charge in [-0.25, -0.2) is 9.97 Å². The van der Waals surface area contributed by atoms with Crippen LogP contribution < -0.4 is 10.6 Å². The summed E-state index contributed by atoms with van der Waals surface area (Å²) >= 11 is 0. The molecule has 9 heteroatoms. The van der Waals surface area contributed by atoms with Crippen LogP contribution in [0.4, 0.5) is 17.3 Å². The summed E-state index contributed by atoms with van der Waals surface area (Å²) in [4.78, 5) is 16.2. The number of hydrogen-bond acceptors (Lipinski definition) is 8. The van der Waals surface area contributed by atoms with Gasteiger partial charge in [0.15, 0.2) is 5.65 Å². The van der Waals surface area contributed by atoms with Gasteiger partial charge in [-0.15, -0.1) is 0 Å². The molecule has 9 nitrogen and oxygen atoms in total. The highest BCUT2D eigenvalue weighted by atomic mass is 16.3. The van der Waals surface area contributed by atoms with E-state index in [4.69, 9.17) is 4.98 Å². The molecule has 3 aromatic heterocycles. The molecule has 0 spiro atoms. The van der Waals surface area contributed by atoms with Crippen LogP contribution in [0.3, 0.4) is 0 Å². The third-order valence-corrected chi connectivity index (χ3v) is 6.82. The van der Waals surface area contributed by atoms with Crippen LogP contribution in [0.5, 0.6) is 0 Å². The number of fused-ring (bicyclic) bond motifs is 1. The minimum absolute atomic E-state index is 0.419. The lowest BCUT2D eigenvalue weighted by Gasteiger charge is -2.32. The molecule has 0 atom stereocenters. The number of pyridine rings is 1. The molecule has 37 heavy (non-hydrogen) atoms. The van der Waals surface area contributed by atoms with Crippen molar-refractivity contribution in [1.82, 2.24) is 24.4 Å². The molecule has 0 saturated carbocycles. The number of rotatable bonds is 7. The number of hydrogen-bond donors (Lipinski definition) is 3. The first-order valence-corrected chi connectivity index (χ1v) is 12.7. The van der Waals surface area contributed by atoms with Crippen molar-refractivity contribution in [1.29, 1.82) is 5.26 Å². The van der Waals surface area contributed by atoms with Crippen LogP contribution in [0.2, 0.25) is 0 Å². The number of likely N-dealkylation sites (tertiary alicyclic amines) is 1. The molecule has 1 fully saturated rings. The largest absolute Gasteiger partial charge is 0.384 e. The van der Waals surface area contributed by atoms with Crippen LogP contribution in [0.15, 0.2) is 54.9 Å². The zero-order chi connectivity index (χ0) is 26.0. The Kier molecular flexibility index (Phi) is 6.78. The van der Waals surface area contributed by atoms with Crippen LogP contribution in [-0.2, 0) is 5.60 Å². The molecule has 0 bridgehead atoms. The molecule has 3 N–H and O–H groups in total. The van der Waals surface area contributed by atoms with Crippen LogP contribution in [0.25, 0.3) is 16.9 Å². The Labute approximate surface area is 216 Å². The van der Waals surface area contributed by atoms with E-state index in [9.17, 15) is 10.4 Å². The number of nitrogens with zero attached hydrogens (tertiary/aromatic N) is 6. The Hall–Kier alpha value is -4.00. The van der Waals surface area contributed by atoms with Gasteiger partial charge in [-0.05, 0) is 69.6 Å². The molecule has 4 aromatic rings. The fraction of sp³-hybridized carbons (Fsp3) is 0.357. The minimum atomic E-state index is -1.09. The second kappa shape index (κ2) is 10.2. The summed E-state index contributed by atoms with van der Waals surface area (Å²) in [5, 5.41) is 27.6. The first-order valence-electron chi connectivity index (χ1n) is 12.7. The van der Waals surface area contributed by atoms with E-state index in [2.05, 4.69) is 50.6 Å². The van der Waals surface area contributed by atoms with E-state index < -0.39 is 5.60 Å². The van der Waals surface area contributed by atoms with Crippen molar-refractivity contribution in [2.24, 2.45) is 0 Å². The topological polar surface area (TPSA) is 115 Å². The van der Waals surface area contributed by atoms with Crippen molar-refractivity contribution in [3.05, 3.63) is 66.1 Å². The normalized spacial score (nSPS) is 15.0. The third-order valence-electron chi connectivity index (χ3n) is 6.82. The number of benzene rings is 1. The van der Waals surface area contributed by atoms with Gasteiger partial charge in [0.2, 0.25) is 5.95 Å². The fourth-order valence-corrected chi connectivity index (χ4v) is 4.64. The van der Waals surface area contributed by atoms with E-state index in [1.165, 1.54) is 0 Å². The zero-order valence-corrected chi connectivity index (χ0v) is 21.4. The van der Waals surface area contributed by atoms with Crippen molar-refractivity contribution in [2.75, 3.05) is 30.3 Å². The van der Waals surface area contributed by atoms with Gasteiger partial charge in [-0.2, -0.15) is 10.2 Å². The average Bonchev–Trinajstić information content (AvgIpc) is 3.28. The zero-order valence-electron chi connectivity index (χ0n) is 21.4. The highest BCUT2D eigenvalue weighted by Crippen LogP contribution is 2.26. The molecule has 1 aliphatic rings. The molecule has 0 unspecified atom stereocenters. The van der Waals surface area contributed by atoms with Crippen LogP contribution >= 0.6 is 0 Å². The molecule has 0 amide bonds. The minimum Gasteiger partial charge on any atom is -0.384 e. The lowest BCUT2D eigenvalue weighted by atomic mass is 10.0. The number of aliphatic hydroxyl groups is 1. The summed E-state index contributed by atoms with van der Waals surface area (Å²) in [7, 11) is 0. The summed E-state index contributed by atoms with van der Waals surface area (Å²) < 4.78 is 1.76. The van der Waals surface area contributed by atoms with Gasteiger partial charge < -0.3 is 20.6 Å². The van der Waals surface area contributed by atoms with Crippen molar-refractivity contribution in [3.8, 4) is 11.9 Å². The van der Waals surface area contributed by atoms with Gasteiger partial charge in [-0.1, -0.05) is 13.0 Å². The summed E-state index contributed by atoms with van der Waals surface area (Å²) in [6.07, 6.45) is 5.66. The van der Waals surface area contributed by atoms with E-state index >= 15 is 0 Å². The maximum Gasteiger partial charge on any atom is 0.229 e. The van der Waals surface area contributed by atoms with Crippen molar-refractivity contribution in [3.63, 3.8) is 0 Å². The summed E-state index contributed by atoms with van der Waals surface area (Å²) in [6, 6.07) is 16.3. The number of nitriles is 1. The quantitative estimate of drug-likeness (QED) is 0.341. The van der Waals surface area contributed by atoms with E-state index in [1.54, 1.807) is 36.9 Å². The molecule has 5 rings (SSSR count). The SMILES string of the molecule is CCN1CCC(Nc2ccc(Nc3ncc4c(C#N)cn(-c5cccc(C(C)(C)O)n5)c4n3)cc2)CC1. The predicted octanol–water partition coefficient (Wildman–Crippen LogP) is 4.55. The second-order valence-electron chi connectivity index (χ2n) is 9.95. The second-order valence-corrected chi connectivity index (χ2v) is 9.95. The lowest BCUT2D eigenvalue weighted by Crippen LogP contribution is -2.38. The van der Waals surface area contributed by atoms with Gasteiger partial charge in [-0.3, -0.25) is 4.57 Å². The number of piperidine rings is 1. The first-order chi connectivity index (χ1) is 17.8. The molecular weight excluding hydrogens is 464 g/mol. The number of anilines is 3. The monoisotopic (exact) mass is 496 g/mol. The lowest BCUT2D eigenvalue weighted by molar-refractivity contribution is 0.0738. The number of aromatic nitrogens is 4. The Bertz CT molecular complexity index is 1420. The molecule has 0 aliphatic carbocycles. The molecule has 4 heterocycles. The molecular formula is C28H32N8O. The fourth-order valence-electron chi connectivity index (χ4n) is 4.64. The smallest absolute Gasteiger partial charge is 0.229 e. The summed E-state index contributed by atoms with van der Waals surface area (Å²) in [6.45, 7) is 8.99. The van der Waals surface area contributed by atoms with E-state index in [0.29, 0.717) is 40.1 Å². The molecule has 0 radical (unpaired) electrons. The van der Waals surface area contributed by atoms with Gasteiger partial charge in [0.05, 0.1) is 16.6 Å². The Balaban J connectivity index is 1.36. The Morgan fingerprint density at radius 3 is 2.49 bits per heavy atom. The Morgan fingerprint density at radius 1 is 1.08 bits per heavy atom. The van der Waals surface area contributed by atoms with Gasteiger partial charge in [0.1, 0.15) is 17.5 Å². The molecule has 1 aromatic carbocycles. The van der Waals surface area contributed by atoms with Crippen LogP contribution in [0, 0.1) is 11.3 Å². The Morgan fingerprint density at radius 2 is 1.81 bits per heavy atom. The maximum atomic E-state index is 10.4. The predicted molar refractivity (Wildman–Crippen MR) is 145 cm³/mol. The van der Waals surface area contributed by atoms with Gasteiger partial charge in [0, 0.05) is 42.9 Å². The van der Waals surface area contributed by atoms with E-state index in [0.717, 1.165) is 43.9 Å². The van der Waals surface area contributed by atoms with Crippen LogP contribution in [-0.4, -0.2) is 55.2 Å². The maximum absolute atomic E-state index is 10.4. The average molecular weight is 497 g/mol. The van der Waals surface area contributed by atoms with Crippen LogP contribution in [0.1, 0.15) is 44.9 Å². The highest BCUT2D eigenvalue weighted by Gasteiger charge is 2.20. The van der Waals surface area contributed by atoms with Gasteiger partial charge >= 0.3 is 0 Å². The molecule has 190 valence electrons. The van der Waals surface area contributed by atoms with E-state index in [1.807, 2.05) is 24.3 Å². The third kappa shape index (κ3) is 5.40. The van der Waals surface area contributed by atoms with Crippen molar-refractivity contribution in [2.45, 2.75) is 45.3 Å². The van der Waals surface area contributed by atoms with E-state index in [-0.39, 0.29) is 0 Å². The first kappa shape index (κ1) is 24.7. The molecule has 1 aliphatic heterocycles. The standard InChI is InChI=1S/C28H32N8O/c1-4-35-14-12-22(13-15-35)31-20-8-10-21(11-9-20)32-27-30-17-23-19(16-29)18-36(26(23)34-27)25-7-5-6-24(33-25)28(2,3)37/h5-11,17-18,22,31,37H,4,12-15H2,1-3H3,(H,30,32,34). The molecule has 1 saturated heterocycles. The summed E-state index contributed by atoms with van der Waals surface area (Å²) in [5.41, 5.74) is 2.42. The van der Waals surface area contributed by atoms with Crippen molar-refractivity contribution >= 4 is 28.4 Å². The van der Waals surface area contributed by atoms with Gasteiger partial charge in [0.25, 0.3) is 0 Å². The van der Waals surface area contributed by atoms with Crippen molar-refractivity contribution < 1.29 is 5.11 Å². The number of nitrogens with one attached hydrogen (secondary N) is 2.